The lowest BCUT2D eigenvalue weighted by Gasteiger charge is -2.20. The first-order chi connectivity index (χ1) is 8.08. The number of ether oxygens (including phenoxy) is 1. The quantitative estimate of drug-likeness (QED) is 0.473. The van der Waals surface area contributed by atoms with Crippen LogP contribution in [0.4, 0.5) is 0 Å². The Kier molecular flexibility index (Phi) is 2.42. The summed E-state index contributed by atoms with van der Waals surface area (Å²) < 4.78 is 5.54. The number of fused-ring (bicyclic) bond motifs is 2. The van der Waals surface area contributed by atoms with E-state index in [1.165, 1.54) is 11.1 Å². The second-order valence-electron chi connectivity index (χ2n) is 5.88. The predicted molar refractivity (Wildman–Crippen MR) is 66.3 cm³/mol. The second kappa shape index (κ2) is 3.72. The van der Waals surface area contributed by atoms with E-state index >= 15 is 0 Å². The lowest BCUT2D eigenvalue weighted by Crippen LogP contribution is -2.20. The van der Waals surface area contributed by atoms with Gasteiger partial charge in [-0.25, -0.2) is 0 Å². The van der Waals surface area contributed by atoms with Crippen LogP contribution < -0.4 is 0 Å². The third-order valence-corrected chi connectivity index (χ3v) is 4.94. The van der Waals surface area contributed by atoms with Crippen molar-refractivity contribution in [1.82, 2.24) is 0 Å². The summed E-state index contributed by atoms with van der Waals surface area (Å²) in [6.45, 7) is 6.48. The molecule has 0 aromatic heterocycles. The average Bonchev–Trinajstić information content (AvgIpc) is 2.71. The number of esters is 1. The highest BCUT2D eigenvalue weighted by Gasteiger charge is 2.45. The molecule has 0 spiro atoms. The molecule has 0 saturated carbocycles. The smallest absolute Gasteiger partial charge is 0.309 e. The van der Waals surface area contributed by atoms with Gasteiger partial charge in [0.25, 0.3) is 0 Å². The van der Waals surface area contributed by atoms with Gasteiger partial charge in [-0.3, -0.25) is 4.79 Å². The van der Waals surface area contributed by atoms with Crippen molar-refractivity contribution in [1.29, 1.82) is 0 Å². The molecule has 4 atom stereocenters. The molecule has 0 bridgehead atoms. The number of carbonyl (C=O) groups is 1. The summed E-state index contributed by atoms with van der Waals surface area (Å²) in [5.74, 6) is 1.10. The first kappa shape index (κ1) is 11.1. The third kappa shape index (κ3) is 1.57. The van der Waals surface area contributed by atoms with Gasteiger partial charge in [0.1, 0.15) is 6.10 Å². The van der Waals surface area contributed by atoms with Gasteiger partial charge < -0.3 is 4.74 Å². The molecule has 1 aliphatic heterocycles. The fourth-order valence-corrected chi connectivity index (χ4v) is 3.72. The first-order valence-electron chi connectivity index (χ1n) is 6.63. The topological polar surface area (TPSA) is 26.3 Å². The molecule has 17 heavy (non-hydrogen) atoms. The molecule has 3 rings (SSSR count). The minimum atomic E-state index is 0.0101. The van der Waals surface area contributed by atoms with Crippen LogP contribution in [0.1, 0.15) is 40.0 Å². The predicted octanol–water partition coefficient (Wildman–Crippen LogP) is 3.24. The maximum atomic E-state index is 11.7. The third-order valence-electron chi connectivity index (χ3n) is 4.94. The number of carbonyl (C=O) groups excluding carboxylic acids is 1. The van der Waals surface area contributed by atoms with Crippen LogP contribution in [-0.4, -0.2) is 12.1 Å². The average molecular weight is 232 g/mol. The van der Waals surface area contributed by atoms with Crippen LogP contribution in [0.5, 0.6) is 0 Å². The molecular formula is C15H20O2. The Morgan fingerprint density at radius 3 is 2.88 bits per heavy atom. The summed E-state index contributed by atoms with van der Waals surface area (Å²) >= 11 is 0. The summed E-state index contributed by atoms with van der Waals surface area (Å²) in [6, 6.07) is 0. The zero-order valence-corrected chi connectivity index (χ0v) is 10.8. The fraction of sp³-hybridized carbons (Fsp3) is 0.667. The van der Waals surface area contributed by atoms with Gasteiger partial charge in [-0.05, 0) is 26.7 Å². The van der Waals surface area contributed by atoms with Gasteiger partial charge in [0.15, 0.2) is 0 Å². The summed E-state index contributed by atoms with van der Waals surface area (Å²) in [6.07, 6.45) is 5.67. The molecule has 2 aliphatic carbocycles. The SMILES string of the molecule is CC1=CCC2=C(C)C[C@H]3OC(=O)[C@H](C)[C@H]3C[C@@H]12. The summed E-state index contributed by atoms with van der Waals surface area (Å²) in [5, 5.41) is 0. The highest BCUT2D eigenvalue weighted by molar-refractivity contribution is 5.75. The highest BCUT2D eigenvalue weighted by atomic mass is 16.6. The van der Waals surface area contributed by atoms with E-state index in [4.69, 9.17) is 4.74 Å². The zero-order chi connectivity index (χ0) is 12.2. The Hall–Kier alpha value is -1.05. The van der Waals surface area contributed by atoms with Gasteiger partial charge in [0, 0.05) is 18.3 Å². The van der Waals surface area contributed by atoms with Crippen molar-refractivity contribution in [2.45, 2.75) is 46.1 Å². The maximum Gasteiger partial charge on any atom is 0.309 e. The Morgan fingerprint density at radius 1 is 1.35 bits per heavy atom. The minimum absolute atomic E-state index is 0.0101. The van der Waals surface area contributed by atoms with Crippen LogP contribution in [0.2, 0.25) is 0 Å². The van der Waals surface area contributed by atoms with E-state index in [9.17, 15) is 4.79 Å². The van der Waals surface area contributed by atoms with Crippen molar-refractivity contribution in [2.75, 3.05) is 0 Å². The van der Waals surface area contributed by atoms with Crippen molar-refractivity contribution < 1.29 is 9.53 Å². The van der Waals surface area contributed by atoms with Crippen molar-refractivity contribution in [3.05, 3.63) is 22.8 Å². The van der Waals surface area contributed by atoms with Crippen molar-refractivity contribution in [2.24, 2.45) is 17.8 Å². The van der Waals surface area contributed by atoms with E-state index < -0.39 is 0 Å². The lowest BCUT2D eigenvalue weighted by molar-refractivity contribution is -0.143. The Balaban J connectivity index is 1.95. The van der Waals surface area contributed by atoms with Crippen molar-refractivity contribution in [3.63, 3.8) is 0 Å². The first-order valence-corrected chi connectivity index (χ1v) is 6.63. The molecule has 2 heteroatoms. The van der Waals surface area contributed by atoms with Crippen molar-refractivity contribution >= 4 is 5.97 Å². The molecule has 1 saturated heterocycles. The summed E-state index contributed by atoms with van der Waals surface area (Å²) in [4.78, 5) is 11.7. The van der Waals surface area contributed by atoms with Gasteiger partial charge in [-0.2, -0.15) is 0 Å². The minimum Gasteiger partial charge on any atom is -0.461 e. The molecule has 1 fully saturated rings. The van der Waals surface area contributed by atoms with E-state index in [1.807, 2.05) is 6.92 Å². The number of allylic oxidation sites excluding steroid dienone is 3. The van der Waals surface area contributed by atoms with Crippen LogP contribution in [0.3, 0.4) is 0 Å². The maximum absolute atomic E-state index is 11.7. The van der Waals surface area contributed by atoms with Gasteiger partial charge in [0.05, 0.1) is 5.92 Å². The Bertz CT molecular complexity index is 430. The van der Waals surface area contributed by atoms with E-state index in [0.717, 1.165) is 19.3 Å². The monoisotopic (exact) mass is 232 g/mol. The van der Waals surface area contributed by atoms with Gasteiger partial charge >= 0.3 is 5.97 Å². The molecule has 0 radical (unpaired) electrons. The molecule has 0 amide bonds. The van der Waals surface area contributed by atoms with E-state index in [2.05, 4.69) is 19.9 Å². The van der Waals surface area contributed by atoms with Crippen LogP contribution in [0.25, 0.3) is 0 Å². The molecule has 92 valence electrons. The second-order valence-corrected chi connectivity index (χ2v) is 5.88. The standard InChI is InChI=1S/C15H20O2/c1-8-4-5-11-9(2)6-14-13(7-12(8)11)10(3)15(16)17-14/h4,10,12-14H,5-7H2,1-3H3/t10-,12+,13-,14-/m1/s1. The van der Waals surface area contributed by atoms with E-state index in [1.54, 1.807) is 5.57 Å². The zero-order valence-electron chi connectivity index (χ0n) is 10.8. The molecule has 0 unspecified atom stereocenters. The Morgan fingerprint density at radius 2 is 2.12 bits per heavy atom. The van der Waals surface area contributed by atoms with E-state index in [-0.39, 0.29) is 18.0 Å². The van der Waals surface area contributed by atoms with Crippen molar-refractivity contribution in [3.8, 4) is 0 Å². The number of hydrogen-bond donors (Lipinski definition) is 0. The molecule has 0 aromatic rings. The van der Waals surface area contributed by atoms with Crippen LogP contribution in [0.15, 0.2) is 22.8 Å². The number of rotatable bonds is 0. The van der Waals surface area contributed by atoms with Gasteiger partial charge in [0.2, 0.25) is 0 Å². The van der Waals surface area contributed by atoms with Crippen LogP contribution in [-0.2, 0) is 9.53 Å². The molecular weight excluding hydrogens is 212 g/mol. The Labute approximate surface area is 103 Å². The lowest BCUT2D eigenvalue weighted by atomic mass is 9.82. The molecule has 3 aliphatic rings. The molecule has 0 N–H and O–H groups in total. The van der Waals surface area contributed by atoms with E-state index in [0.29, 0.717) is 11.8 Å². The highest BCUT2D eigenvalue weighted by Crippen LogP contribution is 2.47. The van der Waals surface area contributed by atoms with Crippen LogP contribution in [0, 0.1) is 17.8 Å². The van der Waals surface area contributed by atoms with Gasteiger partial charge in [-0.15, -0.1) is 0 Å². The van der Waals surface area contributed by atoms with Crippen LogP contribution >= 0.6 is 0 Å². The molecule has 0 aromatic carbocycles. The molecule has 2 nitrogen and oxygen atoms in total. The largest absolute Gasteiger partial charge is 0.461 e. The molecule has 1 heterocycles. The summed E-state index contributed by atoms with van der Waals surface area (Å²) in [7, 11) is 0. The summed E-state index contributed by atoms with van der Waals surface area (Å²) in [5.41, 5.74) is 4.55. The number of hydrogen-bond acceptors (Lipinski definition) is 2. The normalized spacial score (nSPS) is 40.6. The fourth-order valence-electron chi connectivity index (χ4n) is 3.72. The van der Waals surface area contributed by atoms with Gasteiger partial charge in [-0.1, -0.05) is 29.7 Å².